The molecule has 2 bridgehead atoms. The lowest BCUT2D eigenvalue weighted by Gasteiger charge is -2.46. The van der Waals surface area contributed by atoms with Gasteiger partial charge in [-0.3, -0.25) is 0 Å². The summed E-state index contributed by atoms with van der Waals surface area (Å²) in [6.45, 7) is 7.43. The zero-order valence-electron chi connectivity index (χ0n) is 13.0. The van der Waals surface area contributed by atoms with E-state index in [1.165, 1.54) is 32.1 Å². The van der Waals surface area contributed by atoms with Crippen LogP contribution < -0.4 is 0 Å². The van der Waals surface area contributed by atoms with Crippen molar-refractivity contribution in [1.29, 1.82) is 0 Å². The molecule has 110 valence electrons. The van der Waals surface area contributed by atoms with E-state index in [-0.39, 0.29) is 12.2 Å². The van der Waals surface area contributed by atoms with Crippen LogP contribution in [0.15, 0.2) is 0 Å². The predicted octanol–water partition coefficient (Wildman–Crippen LogP) is 3.62. The Morgan fingerprint density at radius 2 is 1.84 bits per heavy atom. The van der Waals surface area contributed by atoms with Gasteiger partial charge in [-0.2, -0.15) is 0 Å². The van der Waals surface area contributed by atoms with E-state index in [4.69, 9.17) is 4.74 Å². The fourth-order valence-corrected chi connectivity index (χ4v) is 5.78. The monoisotopic (exact) mass is 266 g/mol. The highest BCUT2D eigenvalue weighted by molar-refractivity contribution is 5.12. The number of aliphatic hydroxyl groups is 1. The van der Waals surface area contributed by atoms with Gasteiger partial charge in [-0.15, -0.1) is 0 Å². The Balaban J connectivity index is 1.84. The second kappa shape index (κ2) is 4.46. The van der Waals surface area contributed by atoms with Gasteiger partial charge in [0, 0.05) is 7.11 Å². The lowest BCUT2D eigenvalue weighted by molar-refractivity contribution is -0.0998. The molecule has 0 spiro atoms. The average Bonchev–Trinajstić information content (AvgIpc) is 2.71. The van der Waals surface area contributed by atoms with Gasteiger partial charge in [-0.25, -0.2) is 0 Å². The van der Waals surface area contributed by atoms with Crippen LogP contribution in [0.1, 0.15) is 59.3 Å². The summed E-state index contributed by atoms with van der Waals surface area (Å²) < 4.78 is 5.51. The van der Waals surface area contributed by atoms with E-state index in [0.29, 0.717) is 22.7 Å². The summed E-state index contributed by atoms with van der Waals surface area (Å²) in [5.74, 6) is 2.04. The van der Waals surface area contributed by atoms with Crippen molar-refractivity contribution in [2.75, 3.05) is 7.11 Å². The molecule has 3 aliphatic carbocycles. The molecule has 0 heterocycles. The average molecular weight is 266 g/mol. The van der Waals surface area contributed by atoms with E-state index < -0.39 is 0 Å². The van der Waals surface area contributed by atoms with Crippen molar-refractivity contribution in [3.63, 3.8) is 0 Å². The molecule has 0 saturated heterocycles. The Labute approximate surface area is 117 Å². The molecule has 0 aromatic carbocycles. The molecule has 0 aromatic rings. The van der Waals surface area contributed by atoms with Crippen LogP contribution in [-0.4, -0.2) is 24.4 Å². The third-order valence-corrected chi connectivity index (χ3v) is 7.53. The van der Waals surface area contributed by atoms with Crippen molar-refractivity contribution >= 4 is 0 Å². The van der Waals surface area contributed by atoms with Gasteiger partial charge in [-0.1, -0.05) is 27.2 Å². The summed E-state index contributed by atoms with van der Waals surface area (Å²) in [6.07, 6.45) is 7.38. The molecule has 6 unspecified atom stereocenters. The maximum Gasteiger partial charge on any atom is 0.0833 e. The molecule has 3 fully saturated rings. The standard InChI is InChI=1S/C17H30O2/c1-16(2)11-8-9-17(16,3)13(10-11)12-6-5-7-14(19-4)15(12)18/h11-15,18H,5-10H2,1-4H3. The Hall–Kier alpha value is -0.0800. The second-order valence-electron chi connectivity index (χ2n) is 8.08. The number of rotatable bonds is 2. The van der Waals surface area contributed by atoms with E-state index in [1.54, 1.807) is 7.11 Å². The molecular weight excluding hydrogens is 236 g/mol. The normalized spacial score (nSPS) is 52.6. The molecule has 0 aromatic heterocycles. The number of hydrogen-bond acceptors (Lipinski definition) is 2. The molecule has 0 amide bonds. The first-order valence-corrected chi connectivity index (χ1v) is 8.12. The predicted molar refractivity (Wildman–Crippen MR) is 76.9 cm³/mol. The molecule has 6 atom stereocenters. The highest BCUT2D eigenvalue weighted by Crippen LogP contribution is 2.70. The van der Waals surface area contributed by atoms with E-state index >= 15 is 0 Å². The first kappa shape index (κ1) is 13.9. The van der Waals surface area contributed by atoms with Gasteiger partial charge in [-0.05, 0) is 60.7 Å². The van der Waals surface area contributed by atoms with Crippen molar-refractivity contribution in [2.24, 2.45) is 28.6 Å². The van der Waals surface area contributed by atoms with Crippen molar-refractivity contribution in [1.82, 2.24) is 0 Å². The zero-order chi connectivity index (χ0) is 13.8. The Bertz CT molecular complexity index is 351. The van der Waals surface area contributed by atoms with Crippen molar-refractivity contribution in [3.8, 4) is 0 Å². The SMILES string of the molecule is COC1CCCC(C2CC3CCC2(C)C3(C)C)C1O. The van der Waals surface area contributed by atoms with Crippen molar-refractivity contribution in [3.05, 3.63) is 0 Å². The fourth-order valence-electron chi connectivity index (χ4n) is 5.78. The third kappa shape index (κ3) is 1.75. The van der Waals surface area contributed by atoms with E-state index in [9.17, 15) is 5.11 Å². The minimum atomic E-state index is -0.240. The molecule has 2 nitrogen and oxygen atoms in total. The number of hydrogen-bond donors (Lipinski definition) is 1. The third-order valence-electron chi connectivity index (χ3n) is 7.53. The van der Waals surface area contributed by atoms with Gasteiger partial charge in [0.2, 0.25) is 0 Å². The van der Waals surface area contributed by atoms with Crippen LogP contribution in [0.25, 0.3) is 0 Å². The lowest BCUT2D eigenvalue weighted by Crippen LogP contribution is -2.46. The highest BCUT2D eigenvalue weighted by atomic mass is 16.5. The van der Waals surface area contributed by atoms with Crippen LogP contribution >= 0.6 is 0 Å². The molecule has 0 radical (unpaired) electrons. The van der Waals surface area contributed by atoms with Crippen LogP contribution in [0.5, 0.6) is 0 Å². The lowest BCUT2D eigenvalue weighted by atomic mass is 9.60. The number of fused-ring (bicyclic) bond motifs is 2. The molecule has 3 rings (SSSR count). The number of aliphatic hydroxyl groups excluding tert-OH is 1. The van der Waals surface area contributed by atoms with Gasteiger partial charge in [0.05, 0.1) is 12.2 Å². The summed E-state index contributed by atoms with van der Waals surface area (Å²) in [6, 6.07) is 0. The summed E-state index contributed by atoms with van der Waals surface area (Å²) >= 11 is 0. The first-order valence-electron chi connectivity index (χ1n) is 8.12. The molecule has 3 aliphatic rings. The summed E-state index contributed by atoms with van der Waals surface area (Å²) in [5, 5.41) is 10.7. The van der Waals surface area contributed by atoms with Gasteiger partial charge >= 0.3 is 0 Å². The first-order chi connectivity index (χ1) is 8.91. The minimum absolute atomic E-state index is 0.0737. The van der Waals surface area contributed by atoms with Gasteiger partial charge in [0.25, 0.3) is 0 Å². The maximum absolute atomic E-state index is 10.7. The van der Waals surface area contributed by atoms with Crippen LogP contribution in [-0.2, 0) is 4.74 Å². The summed E-state index contributed by atoms with van der Waals surface area (Å²) in [5.41, 5.74) is 0.885. The van der Waals surface area contributed by atoms with E-state index in [1.807, 2.05) is 0 Å². The minimum Gasteiger partial charge on any atom is -0.390 e. The maximum atomic E-state index is 10.7. The molecule has 19 heavy (non-hydrogen) atoms. The van der Waals surface area contributed by atoms with Crippen LogP contribution in [0, 0.1) is 28.6 Å². The van der Waals surface area contributed by atoms with Crippen molar-refractivity contribution < 1.29 is 9.84 Å². The Morgan fingerprint density at radius 3 is 2.37 bits per heavy atom. The van der Waals surface area contributed by atoms with E-state index in [0.717, 1.165) is 12.3 Å². The molecule has 3 saturated carbocycles. The number of methoxy groups -OCH3 is 1. The van der Waals surface area contributed by atoms with Gasteiger partial charge in [0.1, 0.15) is 0 Å². The number of ether oxygens (including phenoxy) is 1. The van der Waals surface area contributed by atoms with Gasteiger partial charge in [0.15, 0.2) is 0 Å². The summed E-state index contributed by atoms with van der Waals surface area (Å²) in [7, 11) is 1.75. The zero-order valence-corrected chi connectivity index (χ0v) is 13.0. The molecule has 2 heteroatoms. The fraction of sp³-hybridized carbons (Fsp3) is 1.00. The molecule has 0 aliphatic heterocycles. The topological polar surface area (TPSA) is 29.5 Å². The van der Waals surface area contributed by atoms with Crippen LogP contribution in [0.4, 0.5) is 0 Å². The highest BCUT2D eigenvalue weighted by Gasteiger charge is 2.63. The Morgan fingerprint density at radius 1 is 1.11 bits per heavy atom. The molecular formula is C17H30O2. The van der Waals surface area contributed by atoms with Crippen LogP contribution in [0.2, 0.25) is 0 Å². The molecule has 1 N–H and O–H groups in total. The van der Waals surface area contributed by atoms with Crippen molar-refractivity contribution in [2.45, 2.75) is 71.5 Å². The summed E-state index contributed by atoms with van der Waals surface area (Å²) in [4.78, 5) is 0. The smallest absolute Gasteiger partial charge is 0.0833 e. The second-order valence-corrected chi connectivity index (χ2v) is 8.08. The van der Waals surface area contributed by atoms with E-state index in [2.05, 4.69) is 20.8 Å². The quantitative estimate of drug-likeness (QED) is 0.827. The van der Waals surface area contributed by atoms with Crippen LogP contribution in [0.3, 0.4) is 0 Å². The largest absolute Gasteiger partial charge is 0.390 e. The van der Waals surface area contributed by atoms with Gasteiger partial charge < -0.3 is 9.84 Å². The Kier molecular flexibility index (Phi) is 3.26.